The minimum absolute atomic E-state index is 0.0707. The molecule has 15 heavy (non-hydrogen) atoms. The van der Waals surface area contributed by atoms with Gasteiger partial charge in [-0.3, -0.25) is 4.79 Å². The summed E-state index contributed by atoms with van der Waals surface area (Å²) < 4.78 is 13.1. The van der Waals surface area contributed by atoms with Crippen molar-refractivity contribution in [1.29, 1.82) is 0 Å². The van der Waals surface area contributed by atoms with E-state index in [4.69, 9.17) is 10.8 Å². The number of carboxylic acid groups (broad SMARTS) is 1. The van der Waals surface area contributed by atoms with Gasteiger partial charge in [-0.05, 0) is 17.5 Å². The molecule has 1 aromatic carbocycles. The van der Waals surface area contributed by atoms with Gasteiger partial charge in [0.1, 0.15) is 5.82 Å². The van der Waals surface area contributed by atoms with Crippen LogP contribution in [0.15, 0.2) is 18.2 Å². The molecule has 0 aliphatic rings. The highest BCUT2D eigenvalue weighted by Crippen LogP contribution is 2.30. The van der Waals surface area contributed by atoms with E-state index >= 15 is 0 Å². The van der Waals surface area contributed by atoms with E-state index in [2.05, 4.69) is 0 Å². The molecule has 0 aliphatic heterocycles. The molecule has 0 radical (unpaired) electrons. The first kappa shape index (κ1) is 11.5. The van der Waals surface area contributed by atoms with Gasteiger partial charge in [0.25, 0.3) is 0 Å². The Labute approximate surface area is 87.7 Å². The van der Waals surface area contributed by atoms with E-state index in [9.17, 15) is 9.18 Å². The second-order valence-electron chi connectivity index (χ2n) is 3.80. The molecule has 3 nitrogen and oxygen atoms in total. The van der Waals surface area contributed by atoms with Crippen molar-refractivity contribution in [2.75, 3.05) is 5.73 Å². The summed E-state index contributed by atoms with van der Waals surface area (Å²) in [6.07, 6.45) is 0. The Morgan fingerprint density at radius 1 is 1.47 bits per heavy atom. The molecule has 1 unspecified atom stereocenters. The van der Waals surface area contributed by atoms with E-state index < -0.39 is 17.7 Å². The van der Waals surface area contributed by atoms with Crippen LogP contribution in [0.25, 0.3) is 0 Å². The lowest BCUT2D eigenvalue weighted by Gasteiger charge is -2.18. The fourth-order valence-corrected chi connectivity index (χ4v) is 1.60. The Morgan fingerprint density at radius 2 is 2.07 bits per heavy atom. The fraction of sp³-hybridized carbons (Fsp3) is 0.364. The fourth-order valence-electron chi connectivity index (χ4n) is 1.60. The molecule has 0 fully saturated rings. The molecule has 82 valence electrons. The molecule has 0 amide bonds. The van der Waals surface area contributed by atoms with Crippen LogP contribution in [0.1, 0.15) is 25.3 Å². The molecule has 1 atom stereocenters. The Kier molecular flexibility index (Phi) is 3.29. The van der Waals surface area contributed by atoms with Crippen LogP contribution in [0.4, 0.5) is 10.1 Å². The van der Waals surface area contributed by atoms with E-state index in [1.54, 1.807) is 19.9 Å². The summed E-state index contributed by atoms with van der Waals surface area (Å²) in [5, 5.41) is 9.03. The second kappa shape index (κ2) is 4.29. The van der Waals surface area contributed by atoms with Crippen LogP contribution in [-0.4, -0.2) is 11.1 Å². The third-order valence-corrected chi connectivity index (χ3v) is 2.35. The van der Waals surface area contributed by atoms with E-state index in [1.165, 1.54) is 12.1 Å². The van der Waals surface area contributed by atoms with E-state index in [0.717, 1.165) is 0 Å². The molecule has 0 spiro atoms. The molecule has 1 aromatic rings. The van der Waals surface area contributed by atoms with Crippen LogP contribution in [0.5, 0.6) is 0 Å². The SMILES string of the molecule is CC(C)C(C(=O)O)c1cccc(F)c1N. The van der Waals surface area contributed by atoms with Crippen molar-refractivity contribution in [3.8, 4) is 0 Å². The molecule has 4 heteroatoms. The molecule has 3 N–H and O–H groups in total. The first-order valence-electron chi connectivity index (χ1n) is 4.71. The molecule has 0 aliphatic carbocycles. The van der Waals surface area contributed by atoms with E-state index in [0.29, 0.717) is 5.56 Å². The lowest BCUT2D eigenvalue weighted by atomic mass is 9.87. The summed E-state index contributed by atoms with van der Waals surface area (Å²) in [6.45, 7) is 3.53. The number of halogens is 1. The number of para-hydroxylation sites is 1. The van der Waals surface area contributed by atoms with Crippen molar-refractivity contribution < 1.29 is 14.3 Å². The maximum Gasteiger partial charge on any atom is 0.311 e. The molecular formula is C11H14FNO2. The van der Waals surface area contributed by atoms with Crippen molar-refractivity contribution in [3.63, 3.8) is 0 Å². The van der Waals surface area contributed by atoms with Crippen LogP contribution >= 0.6 is 0 Å². The number of nitrogen functional groups attached to an aromatic ring is 1. The average molecular weight is 211 g/mol. The van der Waals surface area contributed by atoms with Crippen LogP contribution in [0, 0.1) is 11.7 Å². The van der Waals surface area contributed by atoms with Gasteiger partial charge in [-0.2, -0.15) is 0 Å². The van der Waals surface area contributed by atoms with Gasteiger partial charge < -0.3 is 10.8 Å². The summed E-state index contributed by atoms with van der Waals surface area (Å²) in [5.41, 5.74) is 5.79. The number of nitrogens with two attached hydrogens (primary N) is 1. The van der Waals surface area contributed by atoms with Gasteiger partial charge in [-0.25, -0.2) is 4.39 Å². The Balaban J connectivity index is 3.23. The quantitative estimate of drug-likeness (QED) is 0.753. The van der Waals surface area contributed by atoms with Gasteiger partial charge in [-0.15, -0.1) is 0 Å². The van der Waals surface area contributed by atoms with Crippen molar-refractivity contribution in [2.24, 2.45) is 5.92 Å². The number of benzene rings is 1. The number of hydrogen-bond acceptors (Lipinski definition) is 2. The number of rotatable bonds is 3. The largest absolute Gasteiger partial charge is 0.481 e. The summed E-state index contributed by atoms with van der Waals surface area (Å²) in [5.74, 6) is -2.45. The van der Waals surface area contributed by atoms with E-state index in [1.807, 2.05) is 0 Å². The number of aliphatic carboxylic acids is 1. The maximum atomic E-state index is 13.1. The van der Waals surface area contributed by atoms with E-state index in [-0.39, 0.29) is 11.6 Å². The lowest BCUT2D eigenvalue weighted by Crippen LogP contribution is -2.19. The molecule has 0 bridgehead atoms. The summed E-state index contributed by atoms with van der Waals surface area (Å²) in [4.78, 5) is 11.0. The highest BCUT2D eigenvalue weighted by molar-refractivity contribution is 5.79. The number of hydrogen-bond donors (Lipinski definition) is 2. The van der Waals surface area contributed by atoms with Crippen molar-refractivity contribution in [1.82, 2.24) is 0 Å². The summed E-state index contributed by atoms with van der Waals surface area (Å²) in [6, 6.07) is 4.24. The monoisotopic (exact) mass is 211 g/mol. The van der Waals surface area contributed by atoms with Crippen molar-refractivity contribution in [3.05, 3.63) is 29.6 Å². The molecule has 0 aromatic heterocycles. The van der Waals surface area contributed by atoms with Gasteiger partial charge in [0.05, 0.1) is 11.6 Å². The zero-order chi connectivity index (χ0) is 11.6. The van der Waals surface area contributed by atoms with Crippen molar-refractivity contribution >= 4 is 11.7 Å². The topological polar surface area (TPSA) is 63.3 Å². The van der Waals surface area contributed by atoms with Crippen LogP contribution in [-0.2, 0) is 4.79 Å². The maximum absolute atomic E-state index is 13.1. The zero-order valence-corrected chi connectivity index (χ0v) is 8.70. The Morgan fingerprint density at radius 3 is 2.53 bits per heavy atom. The second-order valence-corrected chi connectivity index (χ2v) is 3.80. The molecular weight excluding hydrogens is 197 g/mol. The first-order valence-corrected chi connectivity index (χ1v) is 4.71. The predicted octanol–water partition coefficient (Wildman–Crippen LogP) is 2.23. The standard InChI is InChI=1S/C11H14FNO2/c1-6(2)9(11(14)15)7-4-3-5-8(12)10(7)13/h3-6,9H,13H2,1-2H3,(H,14,15). The van der Waals surface area contributed by atoms with Gasteiger partial charge in [0, 0.05) is 0 Å². The van der Waals surface area contributed by atoms with Gasteiger partial charge in [0.15, 0.2) is 0 Å². The van der Waals surface area contributed by atoms with Gasteiger partial charge in [0.2, 0.25) is 0 Å². The first-order chi connectivity index (χ1) is 6.95. The van der Waals surface area contributed by atoms with Crippen molar-refractivity contribution in [2.45, 2.75) is 19.8 Å². The van der Waals surface area contributed by atoms with Gasteiger partial charge >= 0.3 is 5.97 Å². The number of anilines is 1. The molecule has 0 saturated heterocycles. The zero-order valence-electron chi connectivity index (χ0n) is 8.70. The highest BCUT2D eigenvalue weighted by atomic mass is 19.1. The molecule has 1 rings (SSSR count). The normalized spacial score (nSPS) is 12.8. The number of carbonyl (C=O) groups is 1. The third kappa shape index (κ3) is 2.26. The minimum atomic E-state index is -0.984. The molecule has 0 heterocycles. The number of carboxylic acids is 1. The van der Waals surface area contributed by atoms with Crippen LogP contribution in [0.3, 0.4) is 0 Å². The highest BCUT2D eigenvalue weighted by Gasteiger charge is 2.26. The van der Waals surface area contributed by atoms with Gasteiger partial charge in [-0.1, -0.05) is 26.0 Å². The summed E-state index contributed by atoms with van der Waals surface area (Å²) >= 11 is 0. The minimum Gasteiger partial charge on any atom is -0.481 e. The van der Waals surface area contributed by atoms with Crippen LogP contribution < -0.4 is 5.73 Å². The Hall–Kier alpha value is -1.58. The Bertz CT molecular complexity index is 377. The smallest absolute Gasteiger partial charge is 0.311 e. The van der Waals surface area contributed by atoms with Crippen LogP contribution in [0.2, 0.25) is 0 Å². The summed E-state index contributed by atoms with van der Waals surface area (Å²) in [7, 11) is 0. The molecule has 0 saturated carbocycles. The average Bonchev–Trinajstić information content (AvgIpc) is 2.11. The third-order valence-electron chi connectivity index (χ3n) is 2.35. The lowest BCUT2D eigenvalue weighted by molar-refractivity contribution is -0.139. The predicted molar refractivity (Wildman–Crippen MR) is 56.0 cm³/mol.